The van der Waals surface area contributed by atoms with Crippen LogP contribution in [-0.2, 0) is 0 Å². The number of nitrogens with zero attached hydrogens (tertiary/aromatic N) is 3. The Morgan fingerprint density at radius 1 is 1.12 bits per heavy atom. The van der Waals surface area contributed by atoms with Crippen molar-refractivity contribution in [1.29, 1.82) is 0 Å². The van der Waals surface area contributed by atoms with Crippen LogP contribution in [0, 0.1) is 13.8 Å². The highest BCUT2D eigenvalue weighted by Gasteiger charge is 2.30. The molecule has 0 aliphatic carbocycles. The summed E-state index contributed by atoms with van der Waals surface area (Å²) in [6.07, 6.45) is 7.45. The van der Waals surface area contributed by atoms with Gasteiger partial charge in [0.1, 0.15) is 0 Å². The minimum atomic E-state index is 0.105. The summed E-state index contributed by atoms with van der Waals surface area (Å²) in [5.41, 5.74) is 5.44. The minimum Gasteiger partial charge on any atom is -0.332 e. The SMILES string of the molecule is Cc1cc(C)cc(C2CCCN2C(=O)c2cccc(-n3ccnc3)c2)c1. The maximum atomic E-state index is 13.2. The highest BCUT2D eigenvalue weighted by atomic mass is 16.2. The Morgan fingerprint density at radius 2 is 1.92 bits per heavy atom. The molecule has 0 spiro atoms. The van der Waals surface area contributed by atoms with E-state index in [2.05, 4.69) is 37.0 Å². The quantitative estimate of drug-likeness (QED) is 0.702. The molecule has 3 aromatic rings. The van der Waals surface area contributed by atoms with E-state index in [1.807, 2.05) is 39.9 Å². The Bertz CT molecular complexity index is 910. The number of hydrogen-bond acceptors (Lipinski definition) is 2. The molecule has 4 nitrogen and oxygen atoms in total. The van der Waals surface area contributed by atoms with Gasteiger partial charge in [0.05, 0.1) is 12.4 Å². The minimum absolute atomic E-state index is 0.105. The lowest BCUT2D eigenvalue weighted by atomic mass is 9.99. The monoisotopic (exact) mass is 345 g/mol. The van der Waals surface area contributed by atoms with Crippen molar-refractivity contribution in [2.45, 2.75) is 32.7 Å². The Morgan fingerprint density at radius 3 is 2.65 bits per heavy atom. The van der Waals surface area contributed by atoms with Gasteiger partial charge in [-0.2, -0.15) is 0 Å². The van der Waals surface area contributed by atoms with Crippen molar-refractivity contribution in [3.8, 4) is 5.69 Å². The van der Waals surface area contributed by atoms with Crippen LogP contribution >= 0.6 is 0 Å². The Kier molecular flexibility index (Phi) is 4.33. The maximum Gasteiger partial charge on any atom is 0.254 e. The summed E-state index contributed by atoms with van der Waals surface area (Å²) in [4.78, 5) is 19.3. The zero-order valence-corrected chi connectivity index (χ0v) is 15.2. The summed E-state index contributed by atoms with van der Waals surface area (Å²) in [6.45, 7) is 5.05. The van der Waals surface area contributed by atoms with Crippen molar-refractivity contribution in [3.63, 3.8) is 0 Å². The van der Waals surface area contributed by atoms with Gasteiger partial charge in [0.25, 0.3) is 5.91 Å². The van der Waals surface area contributed by atoms with Gasteiger partial charge in [0.15, 0.2) is 0 Å². The second kappa shape index (κ2) is 6.79. The van der Waals surface area contributed by atoms with Gasteiger partial charge in [-0.3, -0.25) is 4.79 Å². The summed E-state index contributed by atoms with van der Waals surface area (Å²) in [7, 11) is 0. The van der Waals surface area contributed by atoms with Crippen LogP contribution in [0.3, 0.4) is 0 Å². The zero-order chi connectivity index (χ0) is 18.1. The molecule has 4 rings (SSSR count). The molecule has 1 unspecified atom stereocenters. The van der Waals surface area contributed by atoms with Crippen LogP contribution in [-0.4, -0.2) is 26.9 Å². The number of aromatic nitrogens is 2. The summed E-state index contributed by atoms with van der Waals surface area (Å²) in [5.74, 6) is 0.105. The van der Waals surface area contributed by atoms with Gasteiger partial charge in [-0.1, -0.05) is 35.4 Å². The zero-order valence-electron chi connectivity index (χ0n) is 15.2. The van der Waals surface area contributed by atoms with Crippen LogP contribution in [0.4, 0.5) is 0 Å². The predicted octanol–water partition coefficient (Wildman–Crippen LogP) is 4.47. The largest absolute Gasteiger partial charge is 0.332 e. The smallest absolute Gasteiger partial charge is 0.254 e. The van der Waals surface area contributed by atoms with Crippen molar-refractivity contribution in [2.75, 3.05) is 6.54 Å². The van der Waals surface area contributed by atoms with E-state index in [4.69, 9.17) is 0 Å². The average Bonchev–Trinajstić information content (AvgIpc) is 3.32. The van der Waals surface area contributed by atoms with E-state index in [0.717, 1.165) is 30.6 Å². The molecule has 1 aliphatic heterocycles. The van der Waals surface area contributed by atoms with E-state index in [1.165, 1.54) is 16.7 Å². The molecule has 0 radical (unpaired) electrons. The van der Waals surface area contributed by atoms with Gasteiger partial charge in [-0.25, -0.2) is 4.98 Å². The van der Waals surface area contributed by atoms with Crippen LogP contribution in [0.2, 0.25) is 0 Å². The molecule has 1 amide bonds. The number of hydrogen-bond donors (Lipinski definition) is 0. The molecule has 26 heavy (non-hydrogen) atoms. The van der Waals surface area contributed by atoms with Gasteiger partial charge in [0.2, 0.25) is 0 Å². The molecule has 1 aliphatic rings. The third-order valence-electron chi connectivity index (χ3n) is 5.04. The van der Waals surface area contributed by atoms with Gasteiger partial charge in [-0.05, 0) is 50.5 Å². The first kappa shape index (κ1) is 16.6. The number of carbonyl (C=O) groups is 1. The van der Waals surface area contributed by atoms with Crippen molar-refractivity contribution in [1.82, 2.24) is 14.5 Å². The molecule has 0 bridgehead atoms. The molecule has 1 saturated heterocycles. The van der Waals surface area contributed by atoms with Crippen molar-refractivity contribution in [2.24, 2.45) is 0 Å². The Labute approximate surface area is 154 Å². The van der Waals surface area contributed by atoms with Crippen LogP contribution in [0.5, 0.6) is 0 Å². The molecule has 132 valence electrons. The van der Waals surface area contributed by atoms with Crippen LogP contribution in [0.25, 0.3) is 5.69 Å². The topological polar surface area (TPSA) is 38.1 Å². The lowest BCUT2D eigenvalue weighted by Gasteiger charge is -2.26. The molecule has 2 aromatic carbocycles. The van der Waals surface area contributed by atoms with Gasteiger partial charge < -0.3 is 9.47 Å². The molecule has 0 N–H and O–H groups in total. The van der Waals surface area contributed by atoms with Gasteiger partial charge >= 0.3 is 0 Å². The van der Waals surface area contributed by atoms with E-state index < -0.39 is 0 Å². The molecular weight excluding hydrogens is 322 g/mol. The second-order valence-corrected chi connectivity index (χ2v) is 7.10. The standard InChI is InChI=1S/C22H23N3O/c1-16-11-17(2)13-19(12-16)21-7-4-9-25(21)22(26)18-5-3-6-20(14-18)24-10-8-23-15-24/h3,5-6,8,10-15,21H,4,7,9H2,1-2H3. The molecule has 1 aromatic heterocycles. The summed E-state index contributed by atoms with van der Waals surface area (Å²) in [5, 5.41) is 0. The first-order chi connectivity index (χ1) is 12.6. The van der Waals surface area contributed by atoms with E-state index in [9.17, 15) is 4.79 Å². The third kappa shape index (κ3) is 3.15. The molecule has 2 heterocycles. The van der Waals surface area contributed by atoms with E-state index in [0.29, 0.717) is 0 Å². The summed E-state index contributed by atoms with van der Waals surface area (Å²) < 4.78 is 1.92. The van der Waals surface area contributed by atoms with Crippen LogP contribution < -0.4 is 0 Å². The molecule has 1 fully saturated rings. The van der Waals surface area contributed by atoms with Crippen LogP contribution in [0.15, 0.2) is 61.2 Å². The lowest BCUT2D eigenvalue weighted by Crippen LogP contribution is -2.30. The molecule has 1 atom stereocenters. The van der Waals surface area contributed by atoms with E-state index in [1.54, 1.807) is 12.5 Å². The normalized spacial score (nSPS) is 16.8. The average molecular weight is 345 g/mol. The lowest BCUT2D eigenvalue weighted by molar-refractivity contribution is 0.0735. The van der Waals surface area contributed by atoms with E-state index in [-0.39, 0.29) is 11.9 Å². The number of imidazole rings is 1. The summed E-state index contributed by atoms with van der Waals surface area (Å²) >= 11 is 0. The fraction of sp³-hybridized carbons (Fsp3) is 0.273. The first-order valence-electron chi connectivity index (χ1n) is 9.09. The number of carbonyl (C=O) groups excluding carboxylic acids is 1. The van der Waals surface area contributed by atoms with E-state index >= 15 is 0 Å². The Balaban J connectivity index is 1.64. The highest BCUT2D eigenvalue weighted by Crippen LogP contribution is 2.34. The first-order valence-corrected chi connectivity index (χ1v) is 9.09. The van der Waals surface area contributed by atoms with Crippen LogP contribution in [0.1, 0.15) is 45.9 Å². The fourth-order valence-corrected chi connectivity index (χ4v) is 3.94. The number of rotatable bonds is 3. The third-order valence-corrected chi connectivity index (χ3v) is 5.04. The number of likely N-dealkylation sites (tertiary alicyclic amines) is 1. The number of benzene rings is 2. The highest BCUT2D eigenvalue weighted by molar-refractivity contribution is 5.95. The van der Waals surface area contributed by atoms with Gasteiger partial charge in [-0.15, -0.1) is 0 Å². The van der Waals surface area contributed by atoms with Crippen molar-refractivity contribution >= 4 is 5.91 Å². The Hall–Kier alpha value is -2.88. The van der Waals surface area contributed by atoms with Gasteiger partial charge in [0, 0.05) is 30.2 Å². The number of amides is 1. The molecule has 4 heteroatoms. The van der Waals surface area contributed by atoms with Crippen molar-refractivity contribution < 1.29 is 4.79 Å². The molecule has 0 saturated carbocycles. The van der Waals surface area contributed by atoms with Crippen molar-refractivity contribution in [3.05, 3.63) is 83.4 Å². The molecular formula is C22H23N3O. The maximum absolute atomic E-state index is 13.2. The number of aryl methyl sites for hydroxylation is 2. The predicted molar refractivity (Wildman–Crippen MR) is 102 cm³/mol. The fourth-order valence-electron chi connectivity index (χ4n) is 3.94. The summed E-state index contributed by atoms with van der Waals surface area (Å²) in [6, 6.07) is 14.5. The second-order valence-electron chi connectivity index (χ2n) is 7.10.